The molecule has 1 rings (SSSR count). The van der Waals surface area contributed by atoms with Crippen LogP contribution in [0.25, 0.3) is 0 Å². The molecule has 0 aromatic heterocycles. The highest BCUT2D eigenvalue weighted by Crippen LogP contribution is 2.17. The molecule has 1 aromatic rings. The summed E-state index contributed by atoms with van der Waals surface area (Å²) < 4.78 is 26.4. The van der Waals surface area contributed by atoms with E-state index in [1.807, 2.05) is 13.8 Å². The van der Waals surface area contributed by atoms with E-state index in [1.54, 1.807) is 31.2 Å². The number of hydrogen-bond donors (Lipinski definition) is 1. The van der Waals surface area contributed by atoms with Crippen LogP contribution in [0.15, 0.2) is 29.2 Å². The second kappa shape index (κ2) is 6.45. The van der Waals surface area contributed by atoms with Gasteiger partial charge in [-0.3, -0.25) is 0 Å². The molecular formula is C13H20N2O2S2. The Bertz CT molecular complexity index is 538. The maximum absolute atomic E-state index is 12.5. The Morgan fingerprint density at radius 3 is 2.32 bits per heavy atom. The normalized spacial score (nSPS) is 13.5. The quantitative estimate of drug-likeness (QED) is 0.815. The van der Waals surface area contributed by atoms with E-state index in [0.717, 1.165) is 5.56 Å². The molecule has 0 amide bonds. The van der Waals surface area contributed by atoms with E-state index in [9.17, 15) is 8.42 Å². The predicted octanol–water partition coefficient (Wildman–Crippen LogP) is 1.93. The first-order chi connectivity index (χ1) is 8.78. The lowest BCUT2D eigenvalue weighted by Gasteiger charge is -2.23. The van der Waals surface area contributed by atoms with Gasteiger partial charge in [-0.2, -0.15) is 4.31 Å². The molecule has 19 heavy (non-hydrogen) atoms. The molecule has 0 saturated carbocycles. The third-order valence-electron chi connectivity index (χ3n) is 2.97. The SMILES string of the molecule is CCN(CC(C)C(N)=S)S(=O)(=O)c1ccc(C)cc1. The van der Waals surface area contributed by atoms with Crippen molar-refractivity contribution in [2.45, 2.75) is 25.7 Å². The molecule has 4 nitrogen and oxygen atoms in total. The van der Waals surface area contributed by atoms with Crippen molar-refractivity contribution < 1.29 is 8.42 Å². The number of nitrogens with two attached hydrogens (primary N) is 1. The van der Waals surface area contributed by atoms with Crippen LogP contribution >= 0.6 is 12.2 Å². The first kappa shape index (κ1) is 16.1. The minimum atomic E-state index is -3.48. The Morgan fingerprint density at radius 2 is 1.89 bits per heavy atom. The number of benzene rings is 1. The average Bonchev–Trinajstić information content (AvgIpc) is 2.35. The highest BCUT2D eigenvalue weighted by atomic mass is 32.2. The summed E-state index contributed by atoms with van der Waals surface area (Å²) >= 11 is 4.90. The molecular weight excluding hydrogens is 280 g/mol. The van der Waals surface area contributed by atoms with Crippen molar-refractivity contribution in [2.75, 3.05) is 13.1 Å². The Morgan fingerprint density at radius 1 is 1.37 bits per heavy atom. The standard InChI is InChI=1S/C13H20N2O2S2/c1-4-15(9-11(3)13(14)18)19(16,17)12-7-5-10(2)6-8-12/h5-8,11H,4,9H2,1-3H3,(H2,14,18). The van der Waals surface area contributed by atoms with Crippen LogP contribution in [-0.4, -0.2) is 30.8 Å². The molecule has 1 unspecified atom stereocenters. The number of hydrogen-bond acceptors (Lipinski definition) is 3. The molecule has 0 spiro atoms. The number of rotatable bonds is 6. The summed E-state index contributed by atoms with van der Waals surface area (Å²) in [6.45, 7) is 6.25. The van der Waals surface area contributed by atoms with E-state index in [4.69, 9.17) is 18.0 Å². The second-order valence-electron chi connectivity index (χ2n) is 4.57. The number of aryl methyl sites for hydroxylation is 1. The van der Waals surface area contributed by atoms with Crippen molar-refractivity contribution in [3.63, 3.8) is 0 Å². The molecule has 0 aliphatic carbocycles. The molecule has 0 saturated heterocycles. The predicted molar refractivity (Wildman–Crippen MR) is 81.6 cm³/mol. The van der Waals surface area contributed by atoms with Gasteiger partial charge in [-0.15, -0.1) is 0 Å². The molecule has 0 fully saturated rings. The largest absolute Gasteiger partial charge is 0.393 e. The van der Waals surface area contributed by atoms with Gasteiger partial charge in [0.1, 0.15) is 0 Å². The lowest BCUT2D eigenvalue weighted by molar-refractivity contribution is 0.405. The second-order valence-corrected chi connectivity index (χ2v) is 6.98. The van der Waals surface area contributed by atoms with E-state index in [-0.39, 0.29) is 5.92 Å². The molecule has 0 aliphatic rings. The zero-order valence-corrected chi connectivity index (χ0v) is 13.1. The van der Waals surface area contributed by atoms with Crippen LogP contribution in [0, 0.1) is 12.8 Å². The van der Waals surface area contributed by atoms with Gasteiger partial charge in [0.15, 0.2) is 0 Å². The summed E-state index contributed by atoms with van der Waals surface area (Å²) in [6, 6.07) is 6.83. The van der Waals surface area contributed by atoms with Gasteiger partial charge in [0.2, 0.25) is 10.0 Å². The van der Waals surface area contributed by atoms with Crippen molar-refractivity contribution in [2.24, 2.45) is 11.7 Å². The molecule has 0 aliphatic heterocycles. The van der Waals surface area contributed by atoms with Gasteiger partial charge in [0, 0.05) is 19.0 Å². The lowest BCUT2D eigenvalue weighted by Crippen LogP contribution is -2.38. The van der Waals surface area contributed by atoms with E-state index in [2.05, 4.69) is 0 Å². The first-order valence-electron chi connectivity index (χ1n) is 6.15. The van der Waals surface area contributed by atoms with Crippen LogP contribution in [0.3, 0.4) is 0 Å². The smallest absolute Gasteiger partial charge is 0.243 e. The van der Waals surface area contributed by atoms with Crippen molar-refractivity contribution in [3.8, 4) is 0 Å². The van der Waals surface area contributed by atoms with Crippen LogP contribution in [0.5, 0.6) is 0 Å². The van der Waals surface area contributed by atoms with Crippen LogP contribution in [0.2, 0.25) is 0 Å². The monoisotopic (exact) mass is 300 g/mol. The Balaban J connectivity index is 3.02. The van der Waals surface area contributed by atoms with Crippen molar-refractivity contribution in [1.29, 1.82) is 0 Å². The van der Waals surface area contributed by atoms with Gasteiger partial charge >= 0.3 is 0 Å². The summed E-state index contributed by atoms with van der Waals surface area (Å²) in [4.78, 5) is 0.632. The van der Waals surface area contributed by atoms with Gasteiger partial charge in [-0.05, 0) is 19.1 Å². The van der Waals surface area contributed by atoms with E-state index in [0.29, 0.717) is 23.0 Å². The maximum atomic E-state index is 12.5. The minimum absolute atomic E-state index is 0.143. The summed E-state index contributed by atoms with van der Waals surface area (Å²) in [5, 5.41) is 0. The Labute approximate surface area is 120 Å². The number of thiocarbonyl (C=S) groups is 1. The van der Waals surface area contributed by atoms with Crippen LogP contribution in [-0.2, 0) is 10.0 Å². The Kier molecular flexibility index (Phi) is 5.46. The van der Waals surface area contributed by atoms with Crippen LogP contribution in [0.1, 0.15) is 19.4 Å². The van der Waals surface area contributed by atoms with Gasteiger partial charge in [0.05, 0.1) is 9.88 Å². The molecule has 0 bridgehead atoms. The third-order valence-corrected chi connectivity index (χ3v) is 5.33. The summed E-state index contributed by atoms with van der Waals surface area (Å²) in [7, 11) is -3.48. The number of sulfonamides is 1. The molecule has 6 heteroatoms. The zero-order chi connectivity index (χ0) is 14.6. The average molecular weight is 300 g/mol. The van der Waals surface area contributed by atoms with Crippen molar-refractivity contribution >= 4 is 27.2 Å². The first-order valence-corrected chi connectivity index (χ1v) is 8.00. The van der Waals surface area contributed by atoms with Gasteiger partial charge in [-0.1, -0.05) is 43.8 Å². The van der Waals surface area contributed by atoms with Crippen molar-refractivity contribution in [1.82, 2.24) is 4.31 Å². The Hall–Kier alpha value is -0.980. The fourth-order valence-electron chi connectivity index (χ4n) is 1.65. The summed E-state index contributed by atoms with van der Waals surface area (Å²) in [6.07, 6.45) is 0. The van der Waals surface area contributed by atoms with E-state index in [1.165, 1.54) is 4.31 Å². The molecule has 106 valence electrons. The third kappa shape index (κ3) is 3.99. The van der Waals surface area contributed by atoms with Gasteiger partial charge < -0.3 is 5.73 Å². The lowest BCUT2D eigenvalue weighted by atomic mass is 10.2. The maximum Gasteiger partial charge on any atom is 0.243 e. The van der Waals surface area contributed by atoms with E-state index < -0.39 is 10.0 Å². The summed E-state index contributed by atoms with van der Waals surface area (Å²) in [5.41, 5.74) is 6.58. The topological polar surface area (TPSA) is 63.4 Å². The van der Waals surface area contributed by atoms with Crippen LogP contribution in [0.4, 0.5) is 0 Å². The van der Waals surface area contributed by atoms with E-state index >= 15 is 0 Å². The van der Waals surface area contributed by atoms with Crippen LogP contribution < -0.4 is 5.73 Å². The molecule has 0 heterocycles. The fourth-order valence-corrected chi connectivity index (χ4v) is 3.26. The zero-order valence-electron chi connectivity index (χ0n) is 11.5. The molecule has 2 N–H and O–H groups in total. The van der Waals surface area contributed by atoms with Gasteiger partial charge in [-0.25, -0.2) is 8.42 Å². The van der Waals surface area contributed by atoms with Gasteiger partial charge in [0.25, 0.3) is 0 Å². The highest BCUT2D eigenvalue weighted by molar-refractivity contribution is 7.89. The van der Waals surface area contributed by atoms with Crippen molar-refractivity contribution in [3.05, 3.63) is 29.8 Å². The summed E-state index contributed by atoms with van der Waals surface area (Å²) in [5.74, 6) is -0.143. The molecule has 0 radical (unpaired) electrons. The molecule has 1 atom stereocenters. The fraction of sp³-hybridized carbons (Fsp3) is 0.462. The molecule has 1 aromatic carbocycles. The minimum Gasteiger partial charge on any atom is -0.393 e. The highest BCUT2D eigenvalue weighted by Gasteiger charge is 2.25. The number of nitrogens with zero attached hydrogens (tertiary/aromatic N) is 1.